The Morgan fingerprint density at radius 1 is 0.621 bits per heavy atom. The number of nitrogens with two attached hydrogens (primary N) is 2. The normalized spacial score (nSPS) is 15.9. The van der Waals surface area contributed by atoms with Crippen molar-refractivity contribution in [2.75, 3.05) is 60.5 Å². The molecule has 0 saturated carbocycles. The summed E-state index contributed by atoms with van der Waals surface area (Å²) in [7, 11) is 0. The molecule has 14 N–H and O–H groups in total. The molecule has 2 aliphatic rings. The lowest BCUT2D eigenvalue weighted by atomic mass is 10.1. The van der Waals surface area contributed by atoms with Crippen LogP contribution in [-0.4, -0.2) is 97.0 Å². The largest absolute Gasteiger partial charge is 0.485 e. The molecule has 0 aliphatic carbocycles. The predicted molar refractivity (Wildman–Crippen MR) is 229 cm³/mol. The molecule has 3 aromatic rings. The Morgan fingerprint density at radius 2 is 1.00 bits per heavy atom. The molecule has 3 heterocycles. The van der Waals surface area contributed by atoms with Gasteiger partial charge >= 0.3 is 12.4 Å². The van der Waals surface area contributed by atoms with Crippen LogP contribution in [0.3, 0.4) is 0 Å². The standard InChI is InChI=1S/C40H50F6N14O6/c41-39(42,43)21-13-25(57-31(61)5-1-3-9-53-37(47)48)33(65-23-7-11-51-18-23)27(15-21)59-35(63)29-17-30(56-20-55-29)36(64)60-28-16-22(40(44,45)46)14-26(34(28)66-24-8-12-52-19-24)58-32(62)6-2-4-10-54-38(49)50/h13-17,20,23-24,51-52H,1-12,18-19H2,(H,57,61)(H,58,62)(H,59,63)(H,60,64)(H4,47,48,53)(H4,49,50,54)/t23-,24-/m1/s1. The fraction of sp³-hybridized carbons (Fsp3) is 0.450. The summed E-state index contributed by atoms with van der Waals surface area (Å²) in [6.45, 7) is 2.17. The first-order valence-electron chi connectivity index (χ1n) is 20.7. The molecule has 0 radical (unpaired) electrons. The van der Waals surface area contributed by atoms with Gasteiger partial charge in [0.2, 0.25) is 11.8 Å². The first kappa shape index (κ1) is 50.0. The van der Waals surface area contributed by atoms with E-state index in [1.165, 1.54) is 0 Å². The lowest BCUT2D eigenvalue weighted by Crippen LogP contribution is -2.31. The zero-order valence-corrected chi connectivity index (χ0v) is 35.3. The second-order valence-corrected chi connectivity index (χ2v) is 15.2. The van der Waals surface area contributed by atoms with Crippen molar-refractivity contribution in [3.05, 3.63) is 59.2 Å². The van der Waals surface area contributed by atoms with Crippen molar-refractivity contribution >= 4 is 58.3 Å². The predicted octanol–water partition coefficient (Wildman–Crippen LogP) is 3.68. The lowest BCUT2D eigenvalue weighted by Gasteiger charge is -2.22. The van der Waals surface area contributed by atoms with Crippen LogP contribution in [0.25, 0.3) is 0 Å². The third-order valence-corrected chi connectivity index (χ3v) is 9.90. The van der Waals surface area contributed by atoms with Gasteiger partial charge in [0, 0.05) is 45.1 Å². The highest BCUT2D eigenvalue weighted by Crippen LogP contribution is 2.43. The van der Waals surface area contributed by atoms with Gasteiger partial charge in [-0.15, -0.1) is 0 Å². The van der Waals surface area contributed by atoms with Crippen molar-refractivity contribution in [3.63, 3.8) is 0 Å². The smallest absolute Gasteiger partial charge is 0.416 e. The number of carbonyl (C=O) groups excluding carboxylic acids is 4. The molecule has 20 nitrogen and oxygen atoms in total. The molecule has 1 aromatic heterocycles. The van der Waals surface area contributed by atoms with Crippen molar-refractivity contribution in [3.8, 4) is 11.5 Å². The molecule has 26 heteroatoms. The van der Waals surface area contributed by atoms with E-state index in [4.69, 9.17) is 31.8 Å². The van der Waals surface area contributed by atoms with Gasteiger partial charge in [0.1, 0.15) is 29.9 Å². The van der Waals surface area contributed by atoms with E-state index in [0.717, 1.165) is 12.4 Å². The number of ether oxygens (including phenoxy) is 2. The van der Waals surface area contributed by atoms with Gasteiger partial charge in [-0.3, -0.25) is 30.0 Å². The van der Waals surface area contributed by atoms with Gasteiger partial charge in [0.05, 0.1) is 33.9 Å². The molecular weight excluding hydrogens is 887 g/mol. The number of nitrogens with zero attached hydrogens (tertiary/aromatic N) is 2. The molecule has 2 saturated heterocycles. The molecule has 4 amide bonds. The highest BCUT2D eigenvalue weighted by Gasteiger charge is 2.36. The van der Waals surface area contributed by atoms with Crippen LogP contribution >= 0.6 is 0 Å². The Hall–Kier alpha value is -6.96. The van der Waals surface area contributed by atoms with E-state index in [-0.39, 0.29) is 62.2 Å². The molecule has 5 rings (SSSR count). The summed E-state index contributed by atoms with van der Waals surface area (Å²) in [5.41, 5.74) is 5.06. The van der Waals surface area contributed by atoms with Gasteiger partial charge < -0.3 is 63.5 Å². The monoisotopic (exact) mass is 936 g/mol. The zero-order valence-electron chi connectivity index (χ0n) is 35.3. The Labute approximate surface area is 373 Å². The number of rotatable bonds is 20. The average molecular weight is 937 g/mol. The minimum absolute atomic E-state index is 0.127. The van der Waals surface area contributed by atoms with Gasteiger partial charge in [0.15, 0.2) is 23.4 Å². The van der Waals surface area contributed by atoms with Crippen LogP contribution in [0.15, 0.2) is 36.7 Å². The number of anilines is 4. The topological polar surface area (TPSA) is 308 Å². The van der Waals surface area contributed by atoms with E-state index in [1.807, 2.05) is 0 Å². The maximum absolute atomic E-state index is 14.3. The van der Waals surface area contributed by atoms with E-state index < -0.39 is 93.5 Å². The summed E-state index contributed by atoms with van der Waals surface area (Å²) in [6, 6.07) is 3.38. The molecule has 2 aliphatic heterocycles. The van der Waals surface area contributed by atoms with Crippen molar-refractivity contribution in [2.45, 2.75) is 75.9 Å². The number of halogens is 6. The quantitative estimate of drug-likeness (QED) is 0.0333. The van der Waals surface area contributed by atoms with Crippen LogP contribution in [0.4, 0.5) is 49.1 Å². The van der Waals surface area contributed by atoms with E-state index in [0.29, 0.717) is 76.1 Å². The van der Waals surface area contributed by atoms with Gasteiger partial charge in [-0.05, 0) is 75.9 Å². The average Bonchev–Trinajstić information content (AvgIpc) is 3.97. The van der Waals surface area contributed by atoms with Crippen LogP contribution in [0.1, 0.15) is 83.5 Å². The van der Waals surface area contributed by atoms with Gasteiger partial charge in [0.25, 0.3) is 11.8 Å². The number of benzene rings is 2. The highest BCUT2D eigenvalue weighted by molar-refractivity contribution is 6.09. The molecule has 66 heavy (non-hydrogen) atoms. The van der Waals surface area contributed by atoms with Crippen LogP contribution in [0, 0.1) is 10.8 Å². The minimum atomic E-state index is -4.97. The number of carbonyl (C=O) groups is 4. The Morgan fingerprint density at radius 3 is 1.33 bits per heavy atom. The minimum Gasteiger partial charge on any atom is -0.485 e. The molecule has 0 unspecified atom stereocenters. The maximum atomic E-state index is 14.3. The van der Waals surface area contributed by atoms with Crippen molar-refractivity contribution in [1.82, 2.24) is 31.2 Å². The number of hydrogen-bond donors (Lipinski definition) is 12. The fourth-order valence-electron chi connectivity index (χ4n) is 6.67. The molecule has 0 spiro atoms. The number of unbranched alkanes of at least 4 members (excludes halogenated alkanes) is 2. The summed E-state index contributed by atoms with van der Waals surface area (Å²) in [4.78, 5) is 61.2. The maximum Gasteiger partial charge on any atom is 0.416 e. The van der Waals surface area contributed by atoms with Gasteiger partial charge in [-0.2, -0.15) is 26.3 Å². The van der Waals surface area contributed by atoms with E-state index in [2.05, 4.69) is 52.5 Å². The summed E-state index contributed by atoms with van der Waals surface area (Å²) >= 11 is 0. The number of hydrogen-bond acceptors (Lipinski definition) is 12. The summed E-state index contributed by atoms with van der Waals surface area (Å²) in [5.74, 6) is -4.79. The van der Waals surface area contributed by atoms with Crippen molar-refractivity contribution < 1.29 is 55.0 Å². The number of amides is 4. The highest BCUT2D eigenvalue weighted by atomic mass is 19.4. The summed E-state index contributed by atoms with van der Waals surface area (Å²) < 4.78 is 97.9. The van der Waals surface area contributed by atoms with E-state index in [9.17, 15) is 45.5 Å². The molecule has 0 bridgehead atoms. The summed E-state index contributed by atoms with van der Waals surface area (Å²) in [6.07, 6.45) is -8.34. The van der Waals surface area contributed by atoms with E-state index >= 15 is 0 Å². The third-order valence-electron chi connectivity index (χ3n) is 9.90. The van der Waals surface area contributed by atoms with Crippen LogP contribution < -0.4 is 63.5 Å². The fourth-order valence-corrected chi connectivity index (χ4v) is 6.67. The lowest BCUT2D eigenvalue weighted by molar-refractivity contribution is -0.138. The van der Waals surface area contributed by atoms with Crippen molar-refractivity contribution in [2.24, 2.45) is 11.5 Å². The molecule has 2 aromatic carbocycles. The first-order valence-corrected chi connectivity index (χ1v) is 20.7. The van der Waals surface area contributed by atoms with Gasteiger partial charge in [-0.25, -0.2) is 9.97 Å². The molecular formula is C40H50F6N14O6. The molecule has 358 valence electrons. The number of guanidine groups is 2. The number of aromatic nitrogens is 2. The second-order valence-electron chi connectivity index (χ2n) is 15.2. The SMILES string of the molecule is N=C(N)NCCCCC(=O)Nc1cc(C(F)(F)F)cc(NC(=O)c2cc(C(=O)Nc3cc(C(F)(F)F)cc(NC(=O)CCCCNC(=N)N)c3O[C@@H]3CCNC3)ncn2)c1O[C@@H]1CCNC1. The van der Waals surface area contributed by atoms with E-state index in [1.54, 1.807) is 0 Å². The molecule has 2 atom stereocenters. The van der Waals surface area contributed by atoms with Crippen LogP contribution in [-0.2, 0) is 21.9 Å². The summed E-state index contributed by atoms with van der Waals surface area (Å²) in [5, 5.41) is 35.3. The van der Waals surface area contributed by atoms with Crippen molar-refractivity contribution in [1.29, 1.82) is 10.8 Å². The Bertz CT molecular complexity index is 2100. The zero-order chi connectivity index (χ0) is 48.0. The Balaban J connectivity index is 1.42. The molecule has 2 fully saturated rings. The Kier molecular flexibility index (Phi) is 17.3. The third kappa shape index (κ3) is 15.1. The van der Waals surface area contributed by atoms with Gasteiger partial charge in [-0.1, -0.05) is 0 Å². The first-order chi connectivity index (χ1) is 31.3. The van der Waals surface area contributed by atoms with Crippen LogP contribution in [0.5, 0.6) is 11.5 Å². The van der Waals surface area contributed by atoms with Crippen LogP contribution in [0.2, 0.25) is 0 Å². The number of alkyl halides is 6. The second kappa shape index (κ2) is 22.8. The number of nitrogens with one attached hydrogen (secondary N) is 10.